The van der Waals surface area contributed by atoms with Crippen LogP contribution in [0.5, 0.6) is 0 Å². The van der Waals surface area contributed by atoms with Crippen molar-refractivity contribution in [1.29, 1.82) is 0 Å². The molecule has 3 nitrogen and oxygen atoms in total. The van der Waals surface area contributed by atoms with Gasteiger partial charge in [-0.3, -0.25) is 4.79 Å². The maximum Gasteiger partial charge on any atom is 0.233 e. The molecule has 1 atom stereocenters. The molecular formula is C11H15ClN2OS. The number of halogens is 1. The summed E-state index contributed by atoms with van der Waals surface area (Å²) in [5.74, 6) is 0.0530. The zero-order valence-electron chi connectivity index (χ0n) is 9.18. The molecular weight excluding hydrogens is 244 g/mol. The smallest absolute Gasteiger partial charge is 0.233 e. The van der Waals surface area contributed by atoms with Crippen LogP contribution in [-0.4, -0.2) is 19.0 Å². The molecule has 0 aliphatic heterocycles. The van der Waals surface area contributed by atoms with Crippen molar-refractivity contribution in [3.63, 3.8) is 0 Å². The van der Waals surface area contributed by atoms with Crippen LogP contribution in [0.15, 0.2) is 6.07 Å². The molecule has 0 saturated heterocycles. The van der Waals surface area contributed by atoms with Gasteiger partial charge in [0.2, 0.25) is 5.91 Å². The number of hydrogen-bond acceptors (Lipinski definition) is 3. The largest absolute Gasteiger partial charge is 0.355 e. The zero-order valence-corrected chi connectivity index (χ0v) is 10.8. The van der Waals surface area contributed by atoms with Gasteiger partial charge in [-0.2, -0.15) is 0 Å². The first-order valence-corrected chi connectivity index (χ1v) is 6.68. The second-order valence-corrected chi connectivity index (χ2v) is 5.62. The molecule has 0 fully saturated rings. The number of carbonyl (C=O) groups excluding carboxylic acids is 1. The lowest BCUT2D eigenvalue weighted by atomic mass is 10.2. The van der Waals surface area contributed by atoms with Crippen LogP contribution in [0.25, 0.3) is 0 Å². The van der Waals surface area contributed by atoms with Crippen molar-refractivity contribution in [2.24, 2.45) is 0 Å². The molecule has 1 unspecified atom stereocenters. The molecule has 1 aromatic heterocycles. The fourth-order valence-electron chi connectivity index (χ4n) is 2.02. The Labute approximate surface area is 104 Å². The molecule has 1 heterocycles. The molecule has 1 aliphatic rings. The van der Waals surface area contributed by atoms with E-state index in [0.29, 0.717) is 19.1 Å². The van der Waals surface area contributed by atoms with Gasteiger partial charge in [-0.05, 0) is 31.4 Å². The maximum atomic E-state index is 11.3. The predicted octanol–water partition coefficient (Wildman–Crippen LogP) is 2.11. The van der Waals surface area contributed by atoms with Crippen LogP contribution in [0.2, 0.25) is 4.34 Å². The minimum atomic E-state index is 0.0530. The summed E-state index contributed by atoms with van der Waals surface area (Å²) in [4.78, 5) is 12.7. The van der Waals surface area contributed by atoms with Gasteiger partial charge in [0, 0.05) is 17.5 Å². The number of rotatable bonds is 4. The molecule has 5 heteroatoms. The van der Waals surface area contributed by atoms with Crippen LogP contribution in [0, 0.1) is 0 Å². The number of fused-ring (bicyclic) bond motifs is 1. The number of aryl methyl sites for hydroxylation is 1. The molecule has 2 rings (SSSR count). The highest BCUT2D eigenvalue weighted by Gasteiger charge is 2.24. The average Bonchev–Trinajstić information content (AvgIpc) is 2.75. The highest BCUT2D eigenvalue weighted by Crippen LogP contribution is 2.39. The third-order valence-corrected chi connectivity index (χ3v) is 4.07. The Morgan fingerprint density at radius 3 is 3.25 bits per heavy atom. The van der Waals surface area contributed by atoms with E-state index in [1.54, 1.807) is 11.3 Å². The molecule has 1 aromatic rings. The normalized spacial score (nSPS) is 18.5. The van der Waals surface area contributed by atoms with Crippen LogP contribution in [0.3, 0.4) is 0 Å². The minimum absolute atomic E-state index is 0.0530. The lowest BCUT2D eigenvalue weighted by Crippen LogP contribution is -2.35. The van der Waals surface area contributed by atoms with Gasteiger partial charge in [0.25, 0.3) is 0 Å². The molecule has 1 aliphatic carbocycles. The van der Waals surface area contributed by atoms with Crippen molar-refractivity contribution in [3.05, 3.63) is 20.8 Å². The van der Waals surface area contributed by atoms with E-state index in [9.17, 15) is 4.79 Å². The third kappa shape index (κ3) is 2.56. The van der Waals surface area contributed by atoms with Crippen molar-refractivity contribution in [3.8, 4) is 0 Å². The Hall–Kier alpha value is -0.580. The first kappa shape index (κ1) is 11.9. The Morgan fingerprint density at radius 2 is 2.50 bits per heavy atom. The Morgan fingerprint density at radius 1 is 1.69 bits per heavy atom. The molecule has 1 amide bonds. The van der Waals surface area contributed by atoms with E-state index >= 15 is 0 Å². The van der Waals surface area contributed by atoms with E-state index in [4.69, 9.17) is 11.6 Å². The topological polar surface area (TPSA) is 41.1 Å². The summed E-state index contributed by atoms with van der Waals surface area (Å²) < 4.78 is 0.842. The van der Waals surface area contributed by atoms with E-state index in [-0.39, 0.29) is 5.91 Å². The van der Waals surface area contributed by atoms with Crippen molar-refractivity contribution in [1.82, 2.24) is 10.6 Å². The zero-order chi connectivity index (χ0) is 11.5. The average molecular weight is 259 g/mol. The van der Waals surface area contributed by atoms with Crippen LogP contribution in [0.4, 0.5) is 0 Å². The molecule has 88 valence electrons. The number of carbonyl (C=O) groups is 1. The summed E-state index contributed by atoms with van der Waals surface area (Å²) >= 11 is 7.62. The van der Waals surface area contributed by atoms with Crippen LogP contribution in [0.1, 0.15) is 29.8 Å². The summed E-state index contributed by atoms with van der Waals surface area (Å²) in [5, 5.41) is 6.05. The summed E-state index contributed by atoms with van der Waals surface area (Å²) in [6, 6.07) is 2.31. The quantitative estimate of drug-likeness (QED) is 0.869. The molecule has 0 spiro atoms. The van der Waals surface area contributed by atoms with Gasteiger partial charge < -0.3 is 10.6 Å². The third-order valence-electron chi connectivity index (χ3n) is 2.73. The van der Waals surface area contributed by atoms with Gasteiger partial charge in [0.15, 0.2) is 0 Å². The van der Waals surface area contributed by atoms with E-state index in [0.717, 1.165) is 17.2 Å². The van der Waals surface area contributed by atoms with Gasteiger partial charge in [0.05, 0.1) is 10.9 Å². The van der Waals surface area contributed by atoms with Gasteiger partial charge >= 0.3 is 0 Å². The van der Waals surface area contributed by atoms with Crippen LogP contribution in [-0.2, 0) is 11.2 Å². The Balaban J connectivity index is 1.90. The van der Waals surface area contributed by atoms with Crippen molar-refractivity contribution >= 4 is 28.8 Å². The number of nitrogens with one attached hydrogen (secondary N) is 2. The number of amides is 1. The van der Waals surface area contributed by atoms with Crippen LogP contribution < -0.4 is 10.6 Å². The number of likely N-dealkylation sites (N-methyl/N-ethyl adjacent to an activating group) is 1. The predicted molar refractivity (Wildman–Crippen MR) is 67.1 cm³/mol. The minimum Gasteiger partial charge on any atom is -0.355 e. The molecule has 16 heavy (non-hydrogen) atoms. The molecule has 0 saturated carbocycles. The van der Waals surface area contributed by atoms with Crippen molar-refractivity contribution in [2.45, 2.75) is 25.8 Å². The van der Waals surface area contributed by atoms with Crippen LogP contribution >= 0.6 is 22.9 Å². The SMILES string of the molecule is CCNC(=O)CNC1CCc2sc(Cl)cc21. The van der Waals surface area contributed by atoms with Gasteiger partial charge in [-0.15, -0.1) is 11.3 Å². The van der Waals surface area contributed by atoms with Crippen molar-refractivity contribution < 1.29 is 4.79 Å². The Kier molecular flexibility index (Phi) is 3.84. The van der Waals surface area contributed by atoms with E-state index in [2.05, 4.69) is 10.6 Å². The summed E-state index contributed by atoms with van der Waals surface area (Å²) in [7, 11) is 0. The lowest BCUT2D eigenvalue weighted by molar-refractivity contribution is -0.120. The summed E-state index contributed by atoms with van der Waals surface area (Å²) in [5.41, 5.74) is 1.28. The van der Waals surface area contributed by atoms with E-state index < -0.39 is 0 Å². The molecule has 0 bridgehead atoms. The monoisotopic (exact) mass is 258 g/mol. The summed E-state index contributed by atoms with van der Waals surface area (Å²) in [6.07, 6.45) is 2.14. The number of hydrogen-bond donors (Lipinski definition) is 2. The fourth-order valence-corrected chi connectivity index (χ4v) is 3.37. The molecule has 0 aromatic carbocycles. The Bertz CT molecular complexity index is 391. The molecule has 0 radical (unpaired) electrons. The first-order valence-electron chi connectivity index (χ1n) is 5.49. The molecule has 2 N–H and O–H groups in total. The fraction of sp³-hybridized carbons (Fsp3) is 0.545. The lowest BCUT2D eigenvalue weighted by Gasteiger charge is -2.12. The van der Waals surface area contributed by atoms with Gasteiger partial charge in [-0.25, -0.2) is 0 Å². The second-order valence-electron chi connectivity index (χ2n) is 3.85. The standard InChI is InChI=1S/C11H15ClN2OS/c1-2-13-11(15)6-14-8-3-4-9-7(8)5-10(12)16-9/h5,8,14H,2-4,6H2,1H3,(H,13,15). The van der Waals surface area contributed by atoms with Gasteiger partial charge in [-0.1, -0.05) is 11.6 Å². The highest BCUT2D eigenvalue weighted by atomic mass is 35.5. The maximum absolute atomic E-state index is 11.3. The van der Waals surface area contributed by atoms with E-state index in [1.807, 2.05) is 13.0 Å². The van der Waals surface area contributed by atoms with E-state index in [1.165, 1.54) is 10.4 Å². The summed E-state index contributed by atoms with van der Waals surface area (Å²) in [6.45, 7) is 2.98. The highest BCUT2D eigenvalue weighted by molar-refractivity contribution is 7.16. The van der Waals surface area contributed by atoms with Crippen molar-refractivity contribution in [2.75, 3.05) is 13.1 Å². The second kappa shape index (κ2) is 5.17. The number of thiophene rings is 1. The first-order chi connectivity index (χ1) is 7.70. The van der Waals surface area contributed by atoms with Gasteiger partial charge in [0.1, 0.15) is 0 Å².